The van der Waals surface area contributed by atoms with Crippen molar-refractivity contribution in [3.63, 3.8) is 0 Å². The van der Waals surface area contributed by atoms with Crippen LogP contribution in [0.25, 0.3) is 0 Å². The lowest BCUT2D eigenvalue weighted by molar-refractivity contribution is -0.109. The van der Waals surface area contributed by atoms with E-state index in [0.29, 0.717) is 6.29 Å². The van der Waals surface area contributed by atoms with Crippen LogP contribution in [0.3, 0.4) is 0 Å². The molecule has 1 aromatic rings. The maximum Gasteiger partial charge on any atom is 0.130 e. The molecule has 0 fully saturated rings. The van der Waals surface area contributed by atoms with Crippen LogP contribution in [0.2, 0.25) is 0 Å². The van der Waals surface area contributed by atoms with Crippen molar-refractivity contribution in [1.29, 1.82) is 0 Å². The van der Waals surface area contributed by atoms with Crippen molar-refractivity contribution in [2.75, 3.05) is 6.67 Å². The molecular weight excluding hydrogens is 155 g/mol. The van der Waals surface area contributed by atoms with Crippen molar-refractivity contribution >= 4 is 6.29 Å². The predicted molar refractivity (Wildman–Crippen MR) is 46.0 cm³/mol. The summed E-state index contributed by atoms with van der Waals surface area (Å²) in [6.07, 6.45) is 0.644. The summed E-state index contributed by atoms with van der Waals surface area (Å²) >= 11 is 0. The quantitative estimate of drug-likeness (QED) is 0.629. The van der Waals surface area contributed by atoms with Crippen LogP contribution in [0.1, 0.15) is 17.0 Å². The lowest BCUT2D eigenvalue weighted by Gasteiger charge is -2.04. The second-order valence-corrected chi connectivity index (χ2v) is 2.81. The summed E-state index contributed by atoms with van der Waals surface area (Å²) in [5.74, 6) is -0.592. The summed E-state index contributed by atoms with van der Waals surface area (Å²) in [6, 6.07) is 7.32. The first-order chi connectivity index (χ1) is 5.77. The van der Waals surface area contributed by atoms with Gasteiger partial charge in [0.05, 0.1) is 5.92 Å². The number of carbonyl (C=O) groups excluding carboxylic acids is 1. The molecule has 0 heterocycles. The highest BCUT2D eigenvalue weighted by molar-refractivity contribution is 5.62. The zero-order chi connectivity index (χ0) is 8.97. The Labute approximate surface area is 71.2 Å². The lowest BCUT2D eigenvalue weighted by atomic mass is 10.0. The van der Waals surface area contributed by atoms with Crippen molar-refractivity contribution in [2.24, 2.45) is 0 Å². The number of carbonyl (C=O) groups is 1. The summed E-state index contributed by atoms with van der Waals surface area (Å²) in [7, 11) is 0. The number of alkyl halides is 1. The third-order valence-electron chi connectivity index (χ3n) is 1.84. The lowest BCUT2D eigenvalue weighted by Crippen LogP contribution is -2.01. The zero-order valence-electron chi connectivity index (χ0n) is 6.96. The Kier molecular flexibility index (Phi) is 2.97. The molecule has 0 aliphatic rings. The summed E-state index contributed by atoms with van der Waals surface area (Å²) < 4.78 is 12.2. The van der Waals surface area contributed by atoms with Gasteiger partial charge in [-0.15, -0.1) is 0 Å². The molecule has 1 rings (SSSR count). The van der Waals surface area contributed by atoms with Crippen LogP contribution in [0.4, 0.5) is 4.39 Å². The molecule has 2 heteroatoms. The number of benzene rings is 1. The van der Waals surface area contributed by atoms with Gasteiger partial charge in [-0.2, -0.15) is 0 Å². The minimum atomic E-state index is -0.618. The number of hydrogen-bond acceptors (Lipinski definition) is 1. The largest absolute Gasteiger partial charge is 0.303 e. The van der Waals surface area contributed by atoms with Crippen molar-refractivity contribution in [3.05, 3.63) is 35.4 Å². The molecule has 0 saturated heterocycles. The number of hydrogen-bond donors (Lipinski definition) is 0. The van der Waals surface area contributed by atoms with E-state index in [1.807, 2.05) is 19.1 Å². The average Bonchev–Trinajstić information content (AvgIpc) is 2.10. The highest BCUT2D eigenvalue weighted by atomic mass is 19.1. The third-order valence-corrected chi connectivity index (χ3v) is 1.84. The summed E-state index contributed by atoms with van der Waals surface area (Å²) in [4.78, 5) is 10.4. The van der Waals surface area contributed by atoms with E-state index in [9.17, 15) is 9.18 Å². The molecule has 12 heavy (non-hydrogen) atoms. The van der Waals surface area contributed by atoms with Gasteiger partial charge in [0.15, 0.2) is 0 Å². The summed E-state index contributed by atoms with van der Waals surface area (Å²) in [5, 5.41) is 0. The summed E-state index contributed by atoms with van der Waals surface area (Å²) in [5.41, 5.74) is 1.86. The average molecular weight is 166 g/mol. The van der Waals surface area contributed by atoms with E-state index in [0.717, 1.165) is 11.1 Å². The molecule has 0 aliphatic heterocycles. The topological polar surface area (TPSA) is 17.1 Å². The fraction of sp³-hybridized carbons (Fsp3) is 0.300. The molecule has 0 N–H and O–H groups in total. The van der Waals surface area contributed by atoms with E-state index < -0.39 is 12.6 Å². The van der Waals surface area contributed by atoms with Crippen molar-refractivity contribution in [2.45, 2.75) is 12.8 Å². The molecule has 0 spiro atoms. The van der Waals surface area contributed by atoms with Crippen LogP contribution in [0, 0.1) is 6.92 Å². The van der Waals surface area contributed by atoms with Crippen LogP contribution >= 0.6 is 0 Å². The number of rotatable bonds is 3. The van der Waals surface area contributed by atoms with Crippen molar-refractivity contribution in [1.82, 2.24) is 0 Å². The highest BCUT2D eigenvalue weighted by Gasteiger charge is 2.08. The zero-order valence-corrected chi connectivity index (χ0v) is 6.96. The Hall–Kier alpha value is -1.18. The van der Waals surface area contributed by atoms with E-state index in [2.05, 4.69) is 0 Å². The van der Waals surface area contributed by atoms with E-state index in [1.54, 1.807) is 12.1 Å². The van der Waals surface area contributed by atoms with Gasteiger partial charge < -0.3 is 4.79 Å². The van der Waals surface area contributed by atoms with E-state index in [1.165, 1.54) is 0 Å². The van der Waals surface area contributed by atoms with Crippen LogP contribution in [0.15, 0.2) is 24.3 Å². The number of aryl methyl sites for hydroxylation is 1. The Balaban J connectivity index is 2.87. The van der Waals surface area contributed by atoms with Gasteiger partial charge in [0.25, 0.3) is 0 Å². The predicted octanol–water partition coefficient (Wildman–Crippen LogP) is 2.25. The second-order valence-electron chi connectivity index (χ2n) is 2.81. The Morgan fingerprint density at radius 1 is 1.42 bits per heavy atom. The van der Waals surface area contributed by atoms with Crippen LogP contribution < -0.4 is 0 Å². The van der Waals surface area contributed by atoms with Gasteiger partial charge in [-0.1, -0.05) is 29.8 Å². The van der Waals surface area contributed by atoms with Gasteiger partial charge in [-0.3, -0.25) is 0 Å². The second kappa shape index (κ2) is 4.00. The fourth-order valence-corrected chi connectivity index (χ4v) is 1.02. The normalized spacial score (nSPS) is 12.5. The van der Waals surface area contributed by atoms with Gasteiger partial charge in [0, 0.05) is 0 Å². The maximum atomic E-state index is 12.2. The van der Waals surface area contributed by atoms with E-state index in [-0.39, 0.29) is 0 Å². The van der Waals surface area contributed by atoms with Crippen LogP contribution in [-0.2, 0) is 4.79 Å². The number of aldehydes is 1. The maximum absolute atomic E-state index is 12.2. The van der Waals surface area contributed by atoms with Crippen molar-refractivity contribution in [3.8, 4) is 0 Å². The van der Waals surface area contributed by atoms with Crippen molar-refractivity contribution < 1.29 is 9.18 Å². The Morgan fingerprint density at radius 2 is 2.00 bits per heavy atom. The molecule has 1 atom stereocenters. The van der Waals surface area contributed by atoms with Gasteiger partial charge in [0.1, 0.15) is 13.0 Å². The minimum absolute atomic E-state index is 0.592. The van der Waals surface area contributed by atoms with Gasteiger partial charge >= 0.3 is 0 Å². The molecule has 1 aromatic carbocycles. The monoisotopic (exact) mass is 166 g/mol. The molecule has 0 radical (unpaired) electrons. The SMILES string of the molecule is Cc1ccc(C(C=O)CF)cc1. The molecule has 1 nitrogen and oxygen atoms in total. The number of halogens is 1. The Bertz CT molecular complexity index is 253. The minimum Gasteiger partial charge on any atom is -0.303 e. The van der Waals surface area contributed by atoms with Crippen LogP contribution in [0.5, 0.6) is 0 Å². The molecular formula is C10H11FO. The fourth-order valence-electron chi connectivity index (χ4n) is 1.02. The first-order valence-corrected chi connectivity index (χ1v) is 3.85. The molecule has 0 bridgehead atoms. The third kappa shape index (κ3) is 1.91. The highest BCUT2D eigenvalue weighted by Crippen LogP contribution is 2.14. The smallest absolute Gasteiger partial charge is 0.130 e. The standard InChI is InChI=1S/C10H11FO/c1-8-2-4-9(5-3-8)10(6-11)7-12/h2-5,7,10H,6H2,1H3. The first-order valence-electron chi connectivity index (χ1n) is 3.85. The summed E-state index contributed by atoms with van der Waals surface area (Å²) in [6.45, 7) is 1.34. The van der Waals surface area contributed by atoms with Crippen LogP contribution in [-0.4, -0.2) is 13.0 Å². The van der Waals surface area contributed by atoms with Gasteiger partial charge in [-0.05, 0) is 12.5 Å². The van der Waals surface area contributed by atoms with E-state index in [4.69, 9.17) is 0 Å². The molecule has 1 unspecified atom stereocenters. The molecule has 0 saturated carbocycles. The molecule has 0 amide bonds. The molecule has 64 valence electrons. The van der Waals surface area contributed by atoms with E-state index >= 15 is 0 Å². The van der Waals surface area contributed by atoms with Gasteiger partial charge in [0.2, 0.25) is 0 Å². The molecule has 0 aromatic heterocycles. The Morgan fingerprint density at radius 3 is 2.42 bits per heavy atom. The molecule has 0 aliphatic carbocycles. The first kappa shape index (κ1) is 8.91. The van der Waals surface area contributed by atoms with Gasteiger partial charge in [-0.25, -0.2) is 4.39 Å².